The number of carbonyl (C=O) groups excluding carboxylic acids is 1. The predicted molar refractivity (Wildman–Crippen MR) is 78.9 cm³/mol. The summed E-state index contributed by atoms with van der Waals surface area (Å²) in [5, 5.41) is 8.29. The number of aromatic amines is 1. The number of para-hydroxylation sites is 1. The van der Waals surface area contributed by atoms with Gasteiger partial charge in [0.25, 0.3) is 0 Å². The van der Waals surface area contributed by atoms with Gasteiger partial charge in [-0.2, -0.15) is 5.10 Å². The molecule has 1 aromatic heterocycles. The summed E-state index contributed by atoms with van der Waals surface area (Å²) in [6.45, 7) is 2.50. The topological polar surface area (TPSA) is 58.2 Å². The summed E-state index contributed by atoms with van der Waals surface area (Å²) in [6.07, 6.45) is 3.50. The molecule has 1 N–H and O–H groups in total. The summed E-state index contributed by atoms with van der Waals surface area (Å²) in [4.78, 5) is 14.4. The number of hydrogen-bond acceptors (Lipinski definition) is 3. The quantitative estimate of drug-likeness (QED) is 0.916. The van der Waals surface area contributed by atoms with Crippen LogP contribution < -0.4 is 0 Å². The molecule has 2 aliphatic rings. The number of nitrogens with one attached hydrogen (secondary N) is 1. The normalized spacial score (nSPS) is 20.7. The number of H-pyrrole nitrogens is 1. The highest BCUT2D eigenvalue weighted by molar-refractivity contribution is 5.87. The number of likely N-dealkylation sites (tertiary alicyclic amines) is 1. The summed E-state index contributed by atoms with van der Waals surface area (Å²) in [7, 11) is 0. The molecule has 5 heteroatoms. The lowest BCUT2D eigenvalue weighted by molar-refractivity contribution is -0.176. The van der Waals surface area contributed by atoms with E-state index in [1.54, 1.807) is 0 Å². The van der Waals surface area contributed by atoms with Crippen molar-refractivity contribution < 1.29 is 9.53 Å². The molecule has 5 nitrogen and oxygen atoms in total. The highest BCUT2D eigenvalue weighted by Crippen LogP contribution is 2.36. The van der Waals surface area contributed by atoms with Gasteiger partial charge in [-0.1, -0.05) is 18.2 Å². The Hall–Kier alpha value is -1.88. The SMILES string of the molecule is O=C(Cc1[nH]nc2ccccc12)N1CCC2(CCO2)CC1. The van der Waals surface area contributed by atoms with Gasteiger partial charge < -0.3 is 9.64 Å². The van der Waals surface area contributed by atoms with Crippen molar-refractivity contribution in [2.75, 3.05) is 19.7 Å². The molecule has 2 fully saturated rings. The predicted octanol–water partition coefficient (Wildman–Crippen LogP) is 1.89. The number of rotatable bonds is 2. The number of carbonyl (C=O) groups is 1. The molecule has 0 atom stereocenters. The van der Waals surface area contributed by atoms with Crippen molar-refractivity contribution in [3.8, 4) is 0 Å². The molecule has 1 amide bonds. The van der Waals surface area contributed by atoms with E-state index in [1.807, 2.05) is 29.2 Å². The van der Waals surface area contributed by atoms with Crippen molar-refractivity contribution in [3.63, 3.8) is 0 Å². The molecule has 2 aromatic rings. The number of hydrogen-bond donors (Lipinski definition) is 1. The second kappa shape index (κ2) is 4.84. The molecule has 0 unspecified atom stereocenters. The zero-order chi connectivity index (χ0) is 14.3. The molecule has 2 aliphatic heterocycles. The monoisotopic (exact) mass is 285 g/mol. The fraction of sp³-hybridized carbons (Fsp3) is 0.500. The second-order valence-electron chi connectivity index (χ2n) is 6.06. The maximum atomic E-state index is 12.5. The van der Waals surface area contributed by atoms with Crippen LogP contribution in [-0.2, 0) is 16.0 Å². The minimum absolute atomic E-state index is 0.0947. The average molecular weight is 285 g/mol. The van der Waals surface area contributed by atoms with Crippen LogP contribution in [0.3, 0.4) is 0 Å². The minimum atomic E-state index is 0.0947. The lowest BCUT2D eigenvalue weighted by atomic mass is 9.84. The molecule has 3 heterocycles. The highest BCUT2D eigenvalue weighted by atomic mass is 16.5. The Morgan fingerprint density at radius 2 is 2.05 bits per heavy atom. The number of fused-ring (bicyclic) bond motifs is 1. The summed E-state index contributed by atoms with van der Waals surface area (Å²) in [5.74, 6) is 0.179. The van der Waals surface area contributed by atoms with E-state index in [0.717, 1.165) is 55.6 Å². The number of piperidine rings is 1. The first kappa shape index (κ1) is 12.8. The van der Waals surface area contributed by atoms with Crippen LogP contribution in [0.1, 0.15) is 25.0 Å². The van der Waals surface area contributed by atoms with Crippen LogP contribution >= 0.6 is 0 Å². The van der Waals surface area contributed by atoms with E-state index in [0.29, 0.717) is 6.42 Å². The fourth-order valence-corrected chi connectivity index (χ4v) is 3.36. The molecule has 0 aliphatic carbocycles. The van der Waals surface area contributed by atoms with Crippen LogP contribution in [0.4, 0.5) is 0 Å². The van der Waals surface area contributed by atoms with E-state index in [1.165, 1.54) is 0 Å². The van der Waals surface area contributed by atoms with E-state index in [9.17, 15) is 4.79 Å². The van der Waals surface area contributed by atoms with E-state index in [4.69, 9.17) is 4.74 Å². The Bertz CT molecular complexity index is 665. The van der Waals surface area contributed by atoms with Crippen LogP contribution in [0, 0.1) is 0 Å². The Morgan fingerprint density at radius 3 is 2.76 bits per heavy atom. The zero-order valence-electron chi connectivity index (χ0n) is 12.0. The molecule has 21 heavy (non-hydrogen) atoms. The summed E-state index contributed by atoms with van der Waals surface area (Å²) in [5.41, 5.74) is 1.92. The lowest BCUT2D eigenvalue weighted by Gasteiger charge is -2.47. The Balaban J connectivity index is 1.44. The largest absolute Gasteiger partial charge is 0.375 e. The Kier molecular flexibility index (Phi) is 2.96. The number of aromatic nitrogens is 2. The van der Waals surface area contributed by atoms with Gasteiger partial charge in [0.2, 0.25) is 5.91 Å². The van der Waals surface area contributed by atoms with Crippen molar-refractivity contribution in [3.05, 3.63) is 30.0 Å². The van der Waals surface area contributed by atoms with Gasteiger partial charge >= 0.3 is 0 Å². The summed E-state index contributed by atoms with van der Waals surface area (Å²) < 4.78 is 5.70. The van der Waals surface area contributed by atoms with Crippen LogP contribution in [0.15, 0.2) is 24.3 Å². The Labute approximate surface area is 123 Å². The van der Waals surface area contributed by atoms with Gasteiger partial charge in [0.15, 0.2) is 0 Å². The van der Waals surface area contributed by atoms with Gasteiger partial charge in [0, 0.05) is 18.5 Å². The van der Waals surface area contributed by atoms with Gasteiger partial charge in [-0.15, -0.1) is 0 Å². The van der Waals surface area contributed by atoms with Gasteiger partial charge in [0.1, 0.15) is 0 Å². The van der Waals surface area contributed by atoms with Gasteiger partial charge in [-0.05, 0) is 25.3 Å². The van der Waals surface area contributed by atoms with Crippen molar-refractivity contribution in [2.24, 2.45) is 0 Å². The first-order valence-corrected chi connectivity index (χ1v) is 7.60. The highest BCUT2D eigenvalue weighted by Gasteiger charge is 2.41. The standard InChI is InChI=1S/C16H19N3O2/c20-15(19-8-5-16(6-9-19)7-10-21-16)11-14-12-3-1-2-4-13(12)17-18-14/h1-4H,5-11H2,(H,17,18). The van der Waals surface area contributed by atoms with Gasteiger partial charge in [0.05, 0.1) is 29.8 Å². The molecule has 0 bridgehead atoms. The Morgan fingerprint density at radius 1 is 1.29 bits per heavy atom. The molecule has 0 radical (unpaired) electrons. The van der Waals surface area contributed by atoms with Gasteiger partial charge in [-0.3, -0.25) is 9.89 Å². The number of nitrogens with zero attached hydrogens (tertiary/aromatic N) is 2. The van der Waals surface area contributed by atoms with E-state index < -0.39 is 0 Å². The fourth-order valence-electron chi connectivity index (χ4n) is 3.36. The first-order chi connectivity index (χ1) is 10.3. The second-order valence-corrected chi connectivity index (χ2v) is 6.06. The molecule has 110 valence electrons. The molecule has 2 saturated heterocycles. The molecule has 1 aromatic carbocycles. The summed E-state index contributed by atoms with van der Waals surface area (Å²) >= 11 is 0. The van der Waals surface area contributed by atoms with Crippen molar-refractivity contribution >= 4 is 16.8 Å². The minimum Gasteiger partial charge on any atom is -0.375 e. The van der Waals surface area contributed by atoms with Crippen LogP contribution in [0.2, 0.25) is 0 Å². The van der Waals surface area contributed by atoms with Crippen LogP contribution in [-0.4, -0.2) is 46.3 Å². The maximum absolute atomic E-state index is 12.5. The van der Waals surface area contributed by atoms with Crippen molar-refractivity contribution in [1.29, 1.82) is 0 Å². The number of benzene rings is 1. The van der Waals surface area contributed by atoms with Gasteiger partial charge in [-0.25, -0.2) is 0 Å². The van der Waals surface area contributed by atoms with E-state index in [2.05, 4.69) is 10.2 Å². The number of amides is 1. The third-order valence-electron chi connectivity index (χ3n) is 4.86. The smallest absolute Gasteiger partial charge is 0.228 e. The molecule has 4 rings (SSSR count). The molecular weight excluding hydrogens is 266 g/mol. The molecule has 0 saturated carbocycles. The van der Waals surface area contributed by atoms with Crippen LogP contribution in [0.5, 0.6) is 0 Å². The molecule has 1 spiro atoms. The van der Waals surface area contributed by atoms with E-state index >= 15 is 0 Å². The molecular formula is C16H19N3O2. The summed E-state index contributed by atoms with van der Waals surface area (Å²) in [6, 6.07) is 7.90. The van der Waals surface area contributed by atoms with Crippen molar-refractivity contribution in [2.45, 2.75) is 31.3 Å². The first-order valence-electron chi connectivity index (χ1n) is 7.60. The van der Waals surface area contributed by atoms with E-state index in [-0.39, 0.29) is 11.5 Å². The third-order valence-corrected chi connectivity index (χ3v) is 4.86. The average Bonchev–Trinajstić information content (AvgIpc) is 2.89. The van der Waals surface area contributed by atoms with Crippen molar-refractivity contribution in [1.82, 2.24) is 15.1 Å². The maximum Gasteiger partial charge on any atom is 0.228 e. The third kappa shape index (κ3) is 2.21. The lowest BCUT2D eigenvalue weighted by Crippen LogP contribution is -2.53. The number of ether oxygens (including phenoxy) is 1. The van der Waals surface area contributed by atoms with Crippen LogP contribution in [0.25, 0.3) is 10.9 Å². The zero-order valence-corrected chi connectivity index (χ0v) is 12.0.